The van der Waals surface area contributed by atoms with Crippen LogP contribution < -0.4 is 10.0 Å². The van der Waals surface area contributed by atoms with Gasteiger partial charge >= 0.3 is 5.97 Å². The minimum Gasteiger partial charge on any atom is -0.480 e. The third-order valence-electron chi connectivity index (χ3n) is 3.22. The molecule has 3 N–H and O–H groups in total. The van der Waals surface area contributed by atoms with E-state index in [9.17, 15) is 23.1 Å². The molecule has 9 nitrogen and oxygen atoms in total. The van der Waals surface area contributed by atoms with E-state index in [1.807, 2.05) is 20.8 Å². The number of carbonyl (C=O) groups is 2. The summed E-state index contributed by atoms with van der Waals surface area (Å²) in [6.07, 6.45) is 0.0664. The van der Waals surface area contributed by atoms with Gasteiger partial charge < -0.3 is 19.6 Å². The van der Waals surface area contributed by atoms with Gasteiger partial charge in [-0.05, 0) is 34.7 Å². The van der Waals surface area contributed by atoms with Gasteiger partial charge in [0.15, 0.2) is 0 Å². The van der Waals surface area contributed by atoms with Crippen molar-refractivity contribution in [1.82, 2.24) is 10.0 Å². The van der Waals surface area contributed by atoms with Gasteiger partial charge in [-0.3, -0.25) is 4.79 Å². The fraction of sp³-hybridized carbons (Fsp3) is 0.600. The van der Waals surface area contributed by atoms with Crippen LogP contribution in [0.25, 0.3) is 0 Å². The predicted molar refractivity (Wildman–Crippen MR) is 88.9 cm³/mol. The smallest absolute Gasteiger partial charge is 0.326 e. The number of amides is 1. The van der Waals surface area contributed by atoms with Crippen molar-refractivity contribution in [2.45, 2.75) is 50.9 Å². The second kappa shape index (κ2) is 7.98. The van der Waals surface area contributed by atoms with Gasteiger partial charge in [0.05, 0.1) is 11.2 Å². The molecule has 142 valence electrons. The van der Waals surface area contributed by atoms with Crippen molar-refractivity contribution in [3.8, 4) is 0 Å². The molecule has 25 heavy (non-hydrogen) atoms. The fourth-order valence-corrected chi connectivity index (χ4v) is 2.60. The van der Waals surface area contributed by atoms with Crippen LogP contribution >= 0.6 is 0 Å². The first-order valence-electron chi connectivity index (χ1n) is 7.59. The van der Waals surface area contributed by atoms with Gasteiger partial charge in [0, 0.05) is 19.1 Å². The molecule has 1 amide bonds. The summed E-state index contributed by atoms with van der Waals surface area (Å²) in [5.41, 5.74) is -0.471. The van der Waals surface area contributed by atoms with Gasteiger partial charge in [-0.25, -0.2) is 17.9 Å². The highest BCUT2D eigenvalue weighted by Crippen LogP contribution is 2.19. The Balaban J connectivity index is 2.86. The highest BCUT2D eigenvalue weighted by molar-refractivity contribution is 7.89. The Morgan fingerprint density at radius 1 is 1.36 bits per heavy atom. The molecule has 1 aromatic heterocycles. The summed E-state index contributed by atoms with van der Waals surface area (Å²) in [6, 6.07) is -0.116. The molecule has 10 heteroatoms. The topological polar surface area (TPSA) is 135 Å². The zero-order valence-corrected chi connectivity index (χ0v) is 15.7. The molecule has 1 rings (SSSR count). The van der Waals surface area contributed by atoms with Crippen LogP contribution in [0, 0.1) is 6.92 Å². The molecule has 1 atom stereocenters. The molecule has 0 aliphatic heterocycles. The van der Waals surface area contributed by atoms with Crippen LogP contribution in [0.3, 0.4) is 0 Å². The molecule has 1 heterocycles. The molecule has 0 spiro atoms. The number of carboxylic acids is 1. The maximum Gasteiger partial charge on any atom is 0.326 e. The van der Waals surface area contributed by atoms with Gasteiger partial charge in [-0.15, -0.1) is 0 Å². The Bertz CT molecular complexity index is 732. The summed E-state index contributed by atoms with van der Waals surface area (Å²) < 4.78 is 36.0. The van der Waals surface area contributed by atoms with E-state index in [2.05, 4.69) is 10.0 Å². The molecule has 0 saturated heterocycles. The summed E-state index contributed by atoms with van der Waals surface area (Å²) in [7, 11) is -2.63. The molecule has 0 saturated carbocycles. The minimum atomic E-state index is -3.84. The number of aryl methyl sites for hydroxylation is 1. The molecule has 0 bridgehead atoms. The van der Waals surface area contributed by atoms with Crippen molar-refractivity contribution < 1.29 is 32.3 Å². The molecule has 0 aliphatic rings. The zero-order valence-electron chi connectivity index (χ0n) is 14.9. The maximum atomic E-state index is 12.3. The van der Waals surface area contributed by atoms with E-state index in [1.165, 1.54) is 14.0 Å². The highest BCUT2D eigenvalue weighted by Gasteiger charge is 2.26. The Kier molecular flexibility index (Phi) is 6.75. The Morgan fingerprint density at radius 2 is 1.96 bits per heavy atom. The fourth-order valence-electron chi connectivity index (χ4n) is 1.89. The van der Waals surface area contributed by atoms with Crippen molar-refractivity contribution >= 4 is 21.9 Å². The van der Waals surface area contributed by atoms with Crippen LogP contribution in [0.15, 0.2) is 15.6 Å². The average Bonchev–Trinajstić information content (AvgIpc) is 2.87. The number of hydrogen-bond acceptors (Lipinski definition) is 6. The van der Waals surface area contributed by atoms with Gasteiger partial charge in [-0.2, -0.15) is 0 Å². The lowest BCUT2D eigenvalue weighted by Gasteiger charge is -2.21. The van der Waals surface area contributed by atoms with Gasteiger partial charge in [0.2, 0.25) is 5.09 Å². The largest absolute Gasteiger partial charge is 0.480 e. The number of sulfonamides is 1. The van der Waals surface area contributed by atoms with E-state index in [-0.39, 0.29) is 24.4 Å². The van der Waals surface area contributed by atoms with Gasteiger partial charge in [0.25, 0.3) is 15.9 Å². The monoisotopic (exact) mass is 376 g/mol. The number of aliphatic carboxylic acids is 1. The first-order chi connectivity index (χ1) is 11.4. The minimum absolute atomic E-state index is 0.0446. The first kappa shape index (κ1) is 21.1. The molecule has 0 aromatic carbocycles. The van der Waals surface area contributed by atoms with E-state index in [4.69, 9.17) is 9.15 Å². The molecule has 1 unspecified atom stereocenters. The summed E-state index contributed by atoms with van der Waals surface area (Å²) in [5.74, 6) is -1.88. The van der Waals surface area contributed by atoms with Crippen molar-refractivity contribution in [3.05, 3.63) is 17.4 Å². The lowest BCUT2D eigenvalue weighted by molar-refractivity contribution is -0.140. The van der Waals surface area contributed by atoms with Crippen molar-refractivity contribution in [2.75, 3.05) is 13.7 Å². The van der Waals surface area contributed by atoms with Crippen molar-refractivity contribution in [1.29, 1.82) is 0 Å². The number of rotatable bonds is 8. The molecule has 0 fully saturated rings. The molecule has 0 radical (unpaired) electrons. The predicted octanol–water partition coefficient (Wildman–Crippen LogP) is 0.884. The van der Waals surface area contributed by atoms with Crippen molar-refractivity contribution in [3.63, 3.8) is 0 Å². The Morgan fingerprint density at radius 3 is 2.44 bits per heavy atom. The average molecular weight is 376 g/mol. The summed E-state index contributed by atoms with van der Waals surface area (Å²) in [6.45, 7) is 7.06. The van der Waals surface area contributed by atoms with Crippen LogP contribution in [0.5, 0.6) is 0 Å². The molecule has 1 aromatic rings. The number of carbonyl (C=O) groups excluding carboxylic acids is 1. The van der Waals surface area contributed by atoms with E-state index in [1.54, 1.807) is 0 Å². The van der Waals surface area contributed by atoms with Crippen LogP contribution in [0.2, 0.25) is 0 Å². The van der Waals surface area contributed by atoms with E-state index in [0.29, 0.717) is 0 Å². The number of nitrogens with one attached hydrogen (secondary N) is 2. The quantitative estimate of drug-likeness (QED) is 0.613. The second-order valence-electron chi connectivity index (χ2n) is 6.36. The zero-order chi connectivity index (χ0) is 19.4. The number of ether oxygens (including phenoxy) is 1. The lowest BCUT2D eigenvalue weighted by Crippen LogP contribution is -2.42. The first-order valence-corrected chi connectivity index (χ1v) is 9.07. The number of furan rings is 1. The molecular formula is C15H24N2O7S. The highest BCUT2D eigenvalue weighted by atomic mass is 32.2. The Hall–Kier alpha value is -1.91. The number of carboxylic acid groups (broad SMARTS) is 1. The van der Waals surface area contributed by atoms with E-state index >= 15 is 0 Å². The molecular weight excluding hydrogens is 352 g/mol. The maximum absolute atomic E-state index is 12.3. The molecule has 0 aliphatic carbocycles. The SMILES string of the molecule is CNS(=O)(=O)c1cc(C(=O)NC(CCOC(C)(C)C)C(=O)O)c(C)o1. The van der Waals surface area contributed by atoms with Crippen LogP contribution in [-0.4, -0.2) is 50.7 Å². The van der Waals surface area contributed by atoms with E-state index < -0.39 is 38.6 Å². The third kappa shape index (κ3) is 6.15. The van der Waals surface area contributed by atoms with Crippen molar-refractivity contribution in [2.24, 2.45) is 0 Å². The lowest BCUT2D eigenvalue weighted by atomic mass is 10.1. The summed E-state index contributed by atoms with van der Waals surface area (Å²) >= 11 is 0. The normalized spacial score (nSPS) is 13.5. The van der Waals surface area contributed by atoms with Crippen LogP contribution in [0.1, 0.15) is 43.3 Å². The summed E-state index contributed by atoms with van der Waals surface area (Å²) in [4.78, 5) is 23.6. The van der Waals surface area contributed by atoms with E-state index in [0.717, 1.165) is 6.07 Å². The van der Waals surface area contributed by atoms with Crippen LogP contribution in [0.4, 0.5) is 0 Å². The van der Waals surface area contributed by atoms with Gasteiger partial charge in [-0.1, -0.05) is 0 Å². The van der Waals surface area contributed by atoms with Crippen LogP contribution in [-0.2, 0) is 19.6 Å². The number of hydrogen-bond donors (Lipinski definition) is 3. The third-order valence-corrected chi connectivity index (χ3v) is 4.49. The Labute approximate surface area is 146 Å². The summed E-state index contributed by atoms with van der Waals surface area (Å²) in [5, 5.41) is 11.2. The standard InChI is InChI=1S/C15H24N2O7S/c1-9-10(8-12(24-9)25(21,22)16-5)13(18)17-11(14(19)20)6-7-23-15(2,3)4/h8,11,16H,6-7H2,1-5H3,(H,17,18)(H,19,20). The van der Waals surface area contributed by atoms with Gasteiger partial charge in [0.1, 0.15) is 11.8 Å². The second-order valence-corrected chi connectivity index (χ2v) is 8.17.